The summed E-state index contributed by atoms with van der Waals surface area (Å²) in [7, 11) is 0. The van der Waals surface area contributed by atoms with Gasteiger partial charge in [-0.15, -0.1) is 0 Å². The standard InChI is InChI=1S/C18H28N4O3.CH2O2/c1-3-25-8-14-21-15-16(22(14)9-18(2,10-23)11-24)12-6-4-5-7-13(12)20-17(15)19;2-1-3/h23-24H,3-11H2,1-2H3,(H2,19,20);1H,(H,2,3). The highest BCUT2D eigenvalue weighted by Gasteiger charge is 2.29. The number of aliphatic hydroxyl groups excluding tert-OH is 2. The van der Waals surface area contributed by atoms with Gasteiger partial charge in [0, 0.05) is 24.3 Å². The van der Waals surface area contributed by atoms with Crippen LogP contribution in [0.5, 0.6) is 0 Å². The van der Waals surface area contributed by atoms with E-state index in [1.807, 2.05) is 13.8 Å². The summed E-state index contributed by atoms with van der Waals surface area (Å²) in [4.78, 5) is 17.6. The summed E-state index contributed by atoms with van der Waals surface area (Å²) in [6.07, 6.45) is 4.12. The van der Waals surface area contributed by atoms with Gasteiger partial charge in [0.25, 0.3) is 6.47 Å². The number of hydrogen-bond acceptors (Lipinski definition) is 7. The molecule has 0 aromatic carbocycles. The van der Waals surface area contributed by atoms with Crippen molar-refractivity contribution in [3.8, 4) is 0 Å². The highest BCUT2D eigenvalue weighted by molar-refractivity contribution is 5.89. The molecule has 156 valence electrons. The molecule has 0 saturated heterocycles. The Morgan fingerprint density at radius 1 is 1.25 bits per heavy atom. The molecule has 0 saturated carbocycles. The Bertz CT molecular complexity index is 801. The van der Waals surface area contributed by atoms with Gasteiger partial charge >= 0.3 is 0 Å². The predicted octanol–water partition coefficient (Wildman–Crippen LogP) is 1.12. The lowest BCUT2D eigenvalue weighted by Crippen LogP contribution is -2.32. The van der Waals surface area contributed by atoms with E-state index in [0.717, 1.165) is 42.7 Å². The Balaban J connectivity index is 0.000000878. The zero-order chi connectivity index (χ0) is 20.7. The van der Waals surface area contributed by atoms with Crippen LogP contribution in [-0.4, -0.2) is 56.1 Å². The van der Waals surface area contributed by atoms with Crippen molar-refractivity contribution in [2.75, 3.05) is 25.6 Å². The Morgan fingerprint density at radius 2 is 1.89 bits per heavy atom. The highest BCUT2D eigenvalue weighted by Crippen LogP contribution is 2.33. The van der Waals surface area contributed by atoms with Crippen molar-refractivity contribution < 1.29 is 24.9 Å². The number of ether oxygens (including phenoxy) is 1. The number of carboxylic acid groups (broad SMARTS) is 1. The molecular weight excluding hydrogens is 364 g/mol. The molecule has 0 unspecified atom stereocenters. The number of pyridine rings is 1. The molecule has 0 aliphatic heterocycles. The summed E-state index contributed by atoms with van der Waals surface area (Å²) in [5, 5.41) is 26.4. The van der Waals surface area contributed by atoms with Crippen molar-refractivity contribution in [3.05, 3.63) is 17.1 Å². The number of carbonyl (C=O) groups is 1. The lowest BCUT2D eigenvalue weighted by Gasteiger charge is -2.27. The van der Waals surface area contributed by atoms with Gasteiger partial charge in [0.05, 0.1) is 18.7 Å². The van der Waals surface area contributed by atoms with Crippen LogP contribution in [0.15, 0.2) is 0 Å². The SMILES string of the molecule is CCOCc1nc2c(N)nc3c(c2n1CC(C)(CO)CO)CCCC3.O=CO. The molecule has 0 bridgehead atoms. The Labute approximate surface area is 164 Å². The first-order chi connectivity index (χ1) is 13.4. The maximum atomic E-state index is 9.75. The minimum Gasteiger partial charge on any atom is -0.483 e. The third-order valence-corrected chi connectivity index (χ3v) is 5.01. The fourth-order valence-corrected chi connectivity index (χ4v) is 3.46. The van der Waals surface area contributed by atoms with E-state index in [1.54, 1.807) is 0 Å². The maximum absolute atomic E-state index is 9.75. The molecule has 0 amide bonds. The van der Waals surface area contributed by atoms with Crippen LogP contribution < -0.4 is 5.73 Å². The van der Waals surface area contributed by atoms with Gasteiger partial charge in [-0.3, -0.25) is 4.79 Å². The van der Waals surface area contributed by atoms with Gasteiger partial charge in [-0.1, -0.05) is 6.92 Å². The van der Waals surface area contributed by atoms with Crippen molar-refractivity contribution in [2.24, 2.45) is 5.41 Å². The number of fused-ring (bicyclic) bond motifs is 3. The number of anilines is 1. The Hall–Kier alpha value is -2.23. The molecule has 3 rings (SSSR count). The van der Waals surface area contributed by atoms with E-state index < -0.39 is 5.41 Å². The molecule has 9 heteroatoms. The number of hydrogen-bond donors (Lipinski definition) is 4. The molecule has 0 radical (unpaired) electrons. The van der Waals surface area contributed by atoms with Crippen LogP contribution >= 0.6 is 0 Å². The minimum absolute atomic E-state index is 0.111. The third kappa shape index (κ3) is 4.60. The fourth-order valence-electron chi connectivity index (χ4n) is 3.46. The van der Waals surface area contributed by atoms with Crippen molar-refractivity contribution >= 4 is 23.3 Å². The summed E-state index contributed by atoms with van der Waals surface area (Å²) >= 11 is 0. The fraction of sp³-hybridized carbons (Fsp3) is 0.632. The quantitative estimate of drug-likeness (QED) is 0.512. The molecule has 2 aromatic rings. The molecule has 9 nitrogen and oxygen atoms in total. The summed E-state index contributed by atoms with van der Waals surface area (Å²) in [6.45, 7) is 4.74. The number of nitrogen functional groups attached to an aromatic ring is 1. The molecule has 0 spiro atoms. The van der Waals surface area contributed by atoms with Crippen LogP contribution in [0.25, 0.3) is 11.0 Å². The largest absolute Gasteiger partial charge is 0.483 e. The number of aromatic nitrogens is 3. The topological polar surface area (TPSA) is 144 Å². The first kappa shape index (κ1) is 22.1. The summed E-state index contributed by atoms with van der Waals surface area (Å²) in [6, 6.07) is 0. The van der Waals surface area contributed by atoms with Crippen molar-refractivity contribution in [3.63, 3.8) is 0 Å². The lowest BCUT2D eigenvalue weighted by atomic mass is 9.91. The summed E-state index contributed by atoms with van der Waals surface area (Å²) in [5.41, 5.74) is 9.49. The van der Waals surface area contributed by atoms with Crippen molar-refractivity contribution in [2.45, 2.75) is 52.7 Å². The molecule has 2 heterocycles. The van der Waals surface area contributed by atoms with Gasteiger partial charge in [0.2, 0.25) is 0 Å². The maximum Gasteiger partial charge on any atom is 0.290 e. The van der Waals surface area contributed by atoms with E-state index in [0.29, 0.717) is 31.1 Å². The smallest absolute Gasteiger partial charge is 0.290 e. The van der Waals surface area contributed by atoms with Gasteiger partial charge < -0.3 is 30.4 Å². The molecule has 0 fully saturated rings. The Kier molecular flexibility index (Phi) is 7.73. The first-order valence-electron chi connectivity index (χ1n) is 9.48. The molecule has 2 aromatic heterocycles. The zero-order valence-electron chi connectivity index (χ0n) is 16.5. The lowest BCUT2D eigenvalue weighted by molar-refractivity contribution is -0.122. The van der Waals surface area contributed by atoms with Crippen LogP contribution in [0.2, 0.25) is 0 Å². The van der Waals surface area contributed by atoms with Crippen LogP contribution in [0.1, 0.15) is 43.8 Å². The number of aliphatic hydroxyl groups is 2. The van der Waals surface area contributed by atoms with Gasteiger partial charge in [-0.2, -0.15) is 0 Å². The van der Waals surface area contributed by atoms with E-state index >= 15 is 0 Å². The van der Waals surface area contributed by atoms with Gasteiger partial charge in [-0.05, 0) is 38.2 Å². The minimum atomic E-state index is -0.645. The molecular formula is C19H30N4O5. The average Bonchev–Trinajstić information content (AvgIpc) is 3.06. The number of nitrogens with two attached hydrogens (primary N) is 1. The number of imidazole rings is 1. The molecule has 0 atom stereocenters. The average molecular weight is 394 g/mol. The van der Waals surface area contributed by atoms with Crippen LogP contribution in [0.3, 0.4) is 0 Å². The highest BCUT2D eigenvalue weighted by atomic mass is 16.5. The van der Waals surface area contributed by atoms with E-state index in [1.165, 1.54) is 5.56 Å². The molecule has 5 N–H and O–H groups in total. The zero-order valence-corrected chi connectivity index (χ0v) is 16.5. The van der Waals surface area contributed by atoms with Crippen molar-refractivity contribution in [1.82, 2.24) is 14.5 Å². The predicted molar refractivity (Wildman–Crippen MR) is 105 cm³/mol. The van der Waals surface area contributed by atoms with Crippen LogP contribution in [0.4, 0.5) is 5.82 Å². The molecule has 1 aliphatic rings. The van der Waals surface area contributed by atoms with Crippen LogP contribution in [-0.2, 0) is 35.5 Å². The molecule has 28 heavy (non-hydrogen) atoms. The van der Waals surface area contributed by atoms with E-state index in [4.69, 9.17) is 25.4 Å². The summed E-state index contributed by atoms with van der Waals surface area (Å²) < 4.78 is 7.66. The van der Waals surface area contributed by atoms with E-state index in [2.05, 4.69) is 9.55 Å². The summed E-state index contributed by atoms with van der Waals surface area (Å²) in [5.74, 6) is 1.21. The number of aryl methyl sites for hydroxylation is 2. The first-order valence-corrected chi connectivity index (χ1v) is 9.48. The second-order valence-corrected chi connectivity index (χ2v) is 7.31. The van der Waals surface area contributed by atoms with Crippen molar-refractivity contribution in [1.29, 1.82) is 0 Å². The third-order valence-electron chi connectivity index (χ3n) is 5.01. The number of rotatable bonds is 7. The van der Waals surface area contributed by atoms with E-state index in [9.17, 15) is 10.2 Å². The molecule has 1 aliphatic carbocycles. The second-order valence-electron chi connectivity index (χ2n) is 7.31. The van der Waals surface area contributed by atoms with E-state index in [-0.39, 0.29) is 19.7 Å². The number of nitrogens with zero attached hydrogens (tertiary/aromatic N) is 3. The second kappa shape index (κ2) is 9.81. The Morgan fingerprint density at radius 3 is 2.50 bits per heavy atom. The normalized spacial score (nSPS) is 13.7. The van der Waals surface area contributed by atoms with Gasteiger partial charge in [0.1, 0.15) is 17.9 Å². The monoisotopic (exact) mass is 394 g/mol. The van der Waals surface area contributed by atoms with Gasteiger partial charge in [-0.25, -0.2) is 9.97 Å². The van der Waals surface area contributed by atoms with Gasteiger partial charge in [0.15, 0.2) is 5.82 Å². The van der Waals surface area contributed by atoms with Crippen LogP contribution in [0, 0.1) is 5.41 Å².